The van der Waals surface area contributed by atoms with E-state index in [2.05, 4.69) is 5.32 Å². The van der Waals surface area contributed by atoms with Crippen molar-refractivity contribution >= 4 is 64.1 Å². The molecule has 1 amide bonds. The monoisotopic (exact) mass is 595 g/mol. The summed E-state index contributed by atoms with van der Waals surface area (Å²) in [5.74, 6) is -4.79. The fourth-order valence-corrected chi connectivity index (χ4v) is 5.33. The first-order valence-electron chi connectivity index (χ1n) is 11.7. The molecule has 1 aliphatic heterocycles. The summed E-state index contributed by atoms with van der Waals surface area (Å²) in [5, 5.41) is 2.58. The Morgan fingerprint density at radius 1 is 0.974 bits per heavy atom. The fraction of sp³-hybridized carbons (Fsp3) is 0.696. The summed E-state index contributed by atoms with van der Waals surface area (Å²) in [4.78, 5) is 71.1. The van der Waals surface area contributed by atoms with E-state index in [1.165, 1.54) is 6.92 Å². The largest absolute Gasteiger partial charge is 0.479 e. The van der Waals surface area contributed by atoms with E-state index in [9.17, 15) is 28.8 Å². The Morgan fingerprint density at radius 3 is 2.05 bits per heavy atom. The van der Waals surface area contributed by atoms with E-state index in [0.717, 1.165) is 34.8 Å². The molecule has 1 N–H and O–H groups in total. The minimum absolute atomic E-state index is 0.123. The number of amides is 1. The molecular weight excluding hydrogens is 562 g/mol. The van der Waals surface area contributed by atoms with E-state index >= 15 is 0 Å². The van der Waals surface area contributed by atoms with Crippen molar-refractivity contribution in [2.75, 3.05) is 20.3 Å². The summed E-state index contributed by atoms with van der Waals surface area (Å²) in [5.41, 5.74) is 0. The number of esters is 5. The third kappa shape index (κ3) is 10.6. The van der Waals surface area contributed by atoms with Crippen LogP contribution in [-0.2, 0) is 61.9 Å². The average molecular weight is 596 g/mol. The molecule has 0 aliphatic carbocycles. The first-order valence-corrected chi connectivity index (χ1v) is 12.9. The van der Waals surface area contributed by atoms with Gasteiger partial charge in [-0.25, -0.2) is 4.79 Å². The maximum atomic E-state index is 13.2. The molecule has 0 aromatic carbocycles. The lowest BCUT2D eigenvalue weighted by Crippen LogP contribution is -2.68. The van der Waals surface area contributed by atoms with Crippen molar-refractivity contribution in [3.8, 4) is 0 Å². The van der Waals surface area contributed by atoms with E-state index in [0.29, 0.717) is 11.8 Å². The highest BCUT2D eigenvalue weighted by molar-refractivity contribution is 8.23. The van der Waals surface area contributed by atoms with Crippen LogP contribution < -0.4 is 5.32 Å². The first-order chi connectivity index (χ1) is 18.1. The Morgan fingerprint density at radius 2 is 1.59 bits per heavy atom. The van der Waals surface area contributed by atoms with Crippen molar-refractivity contribution in [1.29, 1.82) is 0 Å². The third-order valence-electron chi connectivity index (χ3n) is 5.01. The Balaban J connectivity index is 3.85. The summed E-state index contributed by atoms with van der Waals surface area (Å²) in [7, 11) is 1.08. The molecule has 6 atom stereocenters. The van der Waals surface area contributed by atoms with Gasteiger partial charge in [-0.1, -0.05) is 0 Å². The van der Waals surface area contributed by atoms with Gasteiger partial charge >= 0.3 is 29.8 Å². The number of hydrogen-bond donors (Lipinski definition) is 1. The van der Waals surface area contributed by atoms with Crippen LogP contribution in [0.4, 0.5) is 0 Å². The Hall–Kier alpha value is -2.98. The zero-order valence-electron chi connectivity index (χ0n) is 22.6. The van der Waals surface area contributed by atoms with Gasteiger partial charge in [-0.3, -0.25) is 24.0 Å². The Bertz CT molecular complexity index is 958. The average Bonchev–Trinajstić information content (AvgIpc) is 2.80. The number of carbonyl (C=O) groups excluding carboxylic acids is 6. The predicted molar refractivity (Wildman–Crippen MR) is 137 cm³/mol. The zero-order valence-corrected chi connectivity index (χ0v) is 24.3. The van der Waals surface area contributed by atoms with Crippen LogP contribution in [0.2, 0.25) is 0 Å². The highest BCUT2D eigenvalue weighted by atomic mass is 32.2. The second-order valence-corrected chi connectivity index (χ2v) is 10.1. The second-order valence-electron chi connectivity index (χ2n) is 8.21. The maximum Gasteiger partial charge on any atom is 0.349 e. The van der Waals surface area contributed by atoms with Crippen LogP contribution in [0.15, 0.2) is 0 Å². The van der Waals surface area contributed by atoms with Gasteiger partial charge in [-0.15, -0.1) is 0 Å². The second kappa shape index (κ2) is 15.6. The zero-order chi connectivity index (χ0) is 29.9. The van der Waals surface area contributed by atoms with Gasteiger partial charge in [0.05, 0.1) is 19.8 Å². The van der Waals surface area contributed by atoms with Crippen molar-refractivity contribution in [1.82, 2.24) is 5.32 Å². The normalized spacial score (nSPS) is 23.7. The van der Waals surface area contributed by atoms with Gasteiger partial charge < -0.3 is 38.5 Å². The SMILES string of the molecule is CCOC(=S)S[C@]1(C(=O)OC)CC(OC(C)=O)[C@@H](NC(C)=O)C(C(OC(C)=O)C(COC(C)=O)OC(C)=O)O1. The summed E-state index contributed by atoms with van der Waals surface area (Å²) < 4.78 is 37.6. The van der Waals surface area contributed by atoms with Gasteiger partial charge in [0.1, 0.15) is 18.8 Å². The number of rotatable bonds is 11. The van der Waals surface area contributed by atoms with Crippen LogP contribution in [0.3, 0.4) is 0 Å². The van der Waals surface area contributed by atoms with E-state index < -0.39 is 77.8 Å². The lowest BCUT2D eigenvalue weighted by Gasteiger charge is -2.48. The van der Waals surface area contributed by atoms with Gasteiger partial charge in [0.15, 0.2) is 12.2 Å². The van der Waals surface area contributed by atoms with Crippen LogP contribution in [0.25, 0.3) is 0 Å². The minimum Gasteiger partial charge on any atom is -0.479 e. The van der Waals surface area contributed by atoms with E-state index in [1.807, 2.05) is 0 Å². The molecule has 16 heteroatoms. The van der Waals surface area contributed by atoms with E-state index in [1.54, 1.807) is 6.92 Å². The van der Waals surface area contributed by atoms with Crippen LogP contribution >= 0.6 is 24.0 Å². The van der Waals surface area contributed by atoms with Crippen molar-refractivity contribution in [3.05, 3.63) is 0 Å². The van der Waals surface area contributed by atoms with Crippen LogP contribution in [0, 0.1) is 0 Å². The van der Waals surface area contributed by atoms with Crippen LogP contribution in [0.5, 0.6) is 0 Å². The first kappa shape index (κ1) is 34.0. The lowest BCUT2D eigenvalue weighted by atomic mass is 9.89. The maximum absolute atomic E-state index is 13.2. The molecule has 0 spiro atoms. The van der Waals surface area contributed by atoms with Crippen molar-refractivity contribution in [2.24, 2.45) is 0 Å². The molecule has 14 nitrogen and oxygen atoms in total. The van der Waals surface area contributed by atoms with E-state index in [-0.39, 0.29) is 17.4 Å². The minimum atomic E-state index is -2.04. The number of ether oxygens (including phenoxy) is 7. The number of thiocarbonyl (C=S) groups is 1. The topological polar surface area (TPSA) is 179 Å². The summed E-state index contributed by atoms with van der Waals surface area (Å²) >= 11 is 5.85. The molecule has 1 aliphatic rings. The molecule has 0 saturated carbocycles. The summed E-state index contributed by atoms with van der Waals surface area (Å²) in [6.07, 6.45) is -6.29. The van der Waals surface area contributed by atoms with Crippen LogP contribution in [-0.4, -0.2) is 95.9 Å². The molecular formula is C23H33NO13S2. The molecule has 1 heterocycles. The molecule has 220 valence electrons. The van der Waals surface area contributed by atoms with Crippen LogP contribution in [0.1, 0.15) is 48.0 Å². The Kier molecular flexibility index (Phi) is 13.6. The number of methoxy groups -OCH3 is 1. The van der Waals surface area contributed by atoms with Gasteiger partial charge in [-0.2, -0.15) is 0 Å². The van der Waals surface area contributed by atoms with Crippen molar-refractivity contribution in [3.63, 3.8) is 0 Å². The number of nitrogens with one attached hydrogen (secondary N) is 1. The molecule has 0 radical (unpaired) electrons. The summed E-state index contributed by atoms with van der Waals surface area (Å²) in [6, 6.07) is -1.26. The fourth-order valence-electron chi connectivity index (χ4n) is 3.78. The summed E-state index contributed by atoms with van der Waals surface area (Å²) in [6.45, 7) is 6.73. The van der Waals surface area contributed by atoms with Gasteiger partial charge in [-0.05, 0) is 30.9 Å². The third-order valence-corrected chi connectivity index (χ3v) is 6.42. The standard InChI is InChI=1S/C23H33NO13S2/c1-8-32-22(38)39-23(21(30)31-7)9-16(34-13(4)27)18(24-11(2)25)20(37-23)19(36-15(6)29)17(35-14(5)28)10-33-12(3)26/h16-20H,8-10H2,1-7H3,(H,24,25)/t16?,17?,18-,19?,20?,23+/m1/s1. The molecule has 0 bridgehead atoms. The Labute approximate surface area is 235 Å². The highest BCUT2D eigenvalue weighted by Gasteiger charge is 2.59. The van der Waals surface area contributed by atoms with Gasteiger partial charge in [0, 0.05) is 41.0 Å². The van der Waals surface area contributed by atoms with Crippen molar-refractivity contribution in [2.45, 2.75) is 83.4 Å². The van der Waals surface area contributed by atoms with Gasteiger partial charge in [0.25, 0.3) is 0 Å². The molecule has 39 heavy (non-hydrogen) atoms. The molecule has 0 aromatic heterocycles. The quantitative estimate of drug-likeness (QED) is 0.199. The predicted octanol–water partition coefficient (Wildman–Crippen LogP) is 0.562. The lowest BCUT2D eigenvalue weighted by molar-refractivity contribution is -0.223. The molecule has 0 aromatic rings. The molecule has 4 unspecified atom stereocenters. The molecule has 1 rings (SSSR count). The molecule has 1 fully saturated rings. The van der Waals surface area contributed by atoms with Gasteiger partial charge in [0.2, 0.25) is 15.2 Å². The number of thioether (sulfide) groups is 1. The number of hydrogen-bond acceptors (Lipinski definition) is 15. The number of carbonyl (C=O) groups is 6. The highest BCUT2D eigenvalue weighted by Crippen LogP contribution is 2.43. The van der Waals surface area contributed by atoms with E-state index in [4.69, 9.17) is 45.4 Å². The molecule has 1 saturated heterocycles. The van der Waals surface area contributed by atoms with Crippen molar-refractivity contribution < 1.29 is 61.9 Å². The smallest absolute Gasteiger partial charge is 0.349 e.